The van der Waals surface area contributed by atoms with Crippen molar-refractivity contribution in [3.63, 3.8) is 0 Å². The van der Waals surface area contributed by atoms with Crippen LogP contribution in [0.15, 0.2) is 36.5 Å². The molecule has 0 aliphatic carbocycles. The third-order valence-corrected chi connectivity index (χ3v) is 15.1. The van der Waals surface area contributed by atoms with Crippen molar-refractivity contribution in [2.45, 2.75) is 315 Å². The van der Waals surface area contributed by atoms with Crippen LogP contribution in [0.25, 0.3) is 0 Å². The number of unbranched alkanes of at least 4 members (excludes halogenated alkanes) is 40. The molecule has 0 rings (SSSR count). The van der Waals surface area contributed by atoms with Crippen LogP contribution in [0, 0.1) is 0 Å². The van der Waals surface area contributed by atoms with Crippen molar-refractivity contribution in [1.29, 1.82) is 0 Å². The molecule has 3 N–H and O–H groups in total. The number of carbonyl (C=O) groups excluding carboxylic acids is 1. The van der Waals surface area contributed by atoms with Crippen LogP contribution in [0.5, 0.6) is 0 Å². The average molecular weight is 1020 g/mol. The fourth-order valence-corrected chi connectivity index (χ4v) is 9.99. The SMILES string of the molecule is CCCCCCCCCCCC/C=C/CC/C=C/CC/C=C/C(O)C(COP(=O)(O)OCC[N+](C)(C)C)NC(=O)CCCCCCCCCCCCCCCCCCCCCCCCCCCCCCC. The molecular formula is C62H122N2O6P+. The molecular weight excluding hydrogens is 900 g/mol. The van der Waals surface area contributed by atoms with Crippen LogP contribution in [0.3, 0.4) is 0 Å². The summed E-state index contributed by atoms with van der Waals surface area (Å²) in [5, 5.41) is 13.9. The first-order chi connectivity index (χ1) is 34.5. The molecule has 0 spiro atoms. The molecule has 420 valence electrons. The van der Waals surface area contributed by atoms with Gasteiger partial charge in [-0.2, -0.15) is 0 Å². The van der Waals surface area contributed by atoms with Crippen molar-refractivity contribution < 1.29 is 32.9 Å². The van der Waals surface area contributed by atoms with E-state index in [-0.39, 0.29) is 19.1 Å². The zero-order valence-corrected chi connectivity index (χ0v) is 48.9. The highest BCUT2D eigenvalue weighted by molar-refractivity contribution is 7.47. The maximum Gasteiger partial charge on any atom is 0.472 e. The summed E-state index contributed by atoms with van der Waals surface area (Å²) >= 11 is 0. The molecule has 0 bridgehead atoms. The standard InChI is InChI=1S/C62H121N2O6P/c1-6-8-10-12-14-16-18-20-22-24-26-28-29-30-31-32-33-34-35-36-38-40-42-44-46-48-50-52-54-56-62(66)63-60(59-70-71(67,68)69-58-57-64(3,4)5)61(65)55-53-51-49-47-45-43-41-39-37-27-25-23-21-19-17-15-13-11-9-7-2/h37,39,45,47,53,55,60-61,65H,6-36,38,40-44,46,48-52,54,56-59H2,1-5H3,(H-,63,66,67,68)/p+1/b39-37+,47-45+,55-53+. The van der Waals surface area contributed by atoms with Crippen molar-refractivity contribution >= 4 is 13.7 Å². The summed E-state index contributed by atoms with van der Waals surface area (Å²) in [4.78, 5) is 23.3. The van der Waals surface area contributed by atoms with E-state index in [1.807, 2.05) is 27.2 Å². The molecule has 9 heteroatoms. The molecule has 0 aromatic rings. The first-order valence-electron chi connectivity index (χ1n) is 30.9. The summed E-state index contributed by atoms with van der Waals surface area (Å²) in [5.74, 6) is -0.185. The highest BCUT2D eigenvalue weighted by Gasteiger charge is 2.27. The number of quaternary nitrogens is 1. The number of amides is 1. The van der Waals surface area contributed by atoms with Crippen LogP contribution < -0.4 is 5.32 Å². The summed E-state index contributed by atoms with van der Waals surface area (Å²) in [6.45, 7) is 4.83. The van der Waals surface area contributed by atoms with Crippen molar-refractivity contribution in [2.75, 3.05) is 40.9 Å². The van der Waals surface area contributed by atoms with Gasteiger partial charge in [-0.1, -0.05) is 288 Å². The van der Waals surface area contributed by atoms with E-state index in [0.29, 0.717) is 17.4 Å². The number of phosphoric acid groups is 1. The van der Waals surface area contributed by atoms with Gasteiger partial charge in [-0.05, 0) is 44.9 Å². The van der Waals surface area contributed by atoms with E-state index >= 15 is 0 Å². The fraction of sp³-hybridized carbons (Fsp3) is 0.887. The van der Waals surface area contributed by atoms with Crippen LogP contribution in [-0.4, -0.2) is 73.4 Å². The van der Waals surface area contributed by atoms with E-state index < -0.39 is 20.0 Å². The number of likely N-dealkylation sites (N-methyl/N-ethyl adjacent to an activating group) is 1. The zero-order chi connectivity index (χ0) is 52.0. The van der Waals surface area contributed by atoms with Crippen molar-refractivity contribution in [1.82, 2.24) is 5.32 Å². The summed E-state index contributed by atoms with van der Waals surface area (Å²) in [6, 6.07) is -0.868. The number of aliphatic hydroxyl groups is 1. The first kappa shape index (κ1) is 69.7. The van der Waals surface area contributed by atoms with Gasteiger partial charge in [0.2, 0.25) is 5.91 Å². The molecule has 3 unspecified atom stereocenters. The van der Waals surface area contributed by atoms with Crippen LogP contribution in [-0.2, 0) is 18.4 Å². The van der Waals surface area contributed by atoms with Gasteiger partial charge in [0.1, 0.15) is 13.2 Å². The molecule has 71 heavy (non-hydrogen) atoms. The van der Waals surface area contributed by atoms with E-state index in [1.54, 1.807) is 6.08 Å². The average Bonchev–Trinajstić information content (AvgIpc) is 3.33. The van der Waals surface area contributed by atoms with Gasteiger partial charge >= 0.3 is 7.82 Å². The minimum atomic E-state index is -4.36. The Morgan fingerprint density at radius 1 is 0.465 bits per heavy atom. The maximum absolute atomic E-state index is 13.0. The molecule has 3 atom stereocenters. The molecule has 1 amide bonds. The number of allylic oxidation sites excluding steroid dienone is 5. The van der Waals surface area contributed by atoms with Crippen molar-refractivity contribution in [3.8, 4) is 0 Å². The summed E-state index contributed by atoms with van der Waals surface area (Å²) in [5.41, 5.74) is 0. The highest BCUT2D eigenvalue weighted by Crippen LogP contribution is 2.43. The van der Waals surface area contributed by atoms with Crippen LogP contribution >= 0.6 is 7.82 Å². The maximum atomic E-state index is 13.0. The van der Waals surface area contributed by atoms with E-state index in [1.165, 1.54) is 238 Å². The van der Waals surface area contributed by atoms with Crippen molar-refractivity contribution in [2.24, 2.45) is 0 Å². The monoisotopic (exact) mass is 1020 g/mol. The molecule has 0 heterocycles. The van der Waals surface area contributed by atoms with E-state index in [0.717, 1.165) is 44.9 Å². The minimum absolute atomic E-state index is 0.0552. The second kappa shape index (κ2) is 53.5. The lowest BCUT2D eigenvalue weighted by molar-refractivity contribution is -0.870. The molecule has 0 aliphatic heterocycles. The number of hydrogen-bond acceptors (Lipinski definition) is 5. The van der Waals surface area contributed by atoms with Gasteiger partial charge in [-0.15, -0.1) is 0 Å². The Kier molecular flexibility index (Phi) is 52.6. The Morgan fingerprint density at radius 2 is 0.775 bits per heavy atom. The number of aliphatic hydroxyl groups excluding tert-OH is 1. The fourth-order valence-electron chi connectivity index (χ4n) is 9.25. The molecule has 0 saturated heterocycles. The first-order valence-corrected chi connectivity index (χ1v) is 32.4. The lowest BCUT2D eigenvalue weighted by atomic mass is 10.0. The van der Waals surface area contributed by atoms with Crippen LogP contribution in [0.1, 0.15) is 303 Å². The van der Waals surface area contributed by atoms with Gasteiger partial charge in [-0.25, -0.2) is 4.57 Å². The topological polar surface area (TPSA) is 105 Å². The Bertz CT molecular complexity index is 1250. The minimum Gasteiger partial charge on any atom is -0.387 e. The quantitative estimate of drug-likeness (QED) is 0.0243. The van der Waals surface area contributed by atoms with Gasteiger partial charge in [0.05, 0.1) is 39.9 Å². The van der Waals surface area contributed by atoms with E-state index in [2.05, 4.69) is 43.5 Å². The lowest BCUT2D eigenvalue weighted by Gasteiger charge is -2.25. The molecule has 0 saturated carbocycles. The number of carbonyl (C=O) groups is 1. The Hall–Kier alpha value is -1.28. The largest absolute Gasteiger partial charge is 0.472 e. The molecule has 0 aromatic heterocycles. The van der Waals surface area contributed by atoms with Crippen molar-refractivity contribution in [3.05, 3.63) is 36.5 Å². The molecule has 0 radical (unpaired) electrons. The molecule has 0 aromatic carbocycles. The zero-order valence-electron chi connectivity index (χ0n) is 48.0. The highest BCUT2D eigenvalue weighted by atomic mass is 31.2. The molecule has 8 nitrogen and oxygen atoms in total. The lowest BCUT2D eigenvalue weighted by Crippen LogP contribution is -2.45. The number of phosphoric ester groups is 1. The van der Waals surface area contributed by atoms with Gasteiger partial charge in [0, 0.05) is 6.42 Å². The summed E-state index contributed by atoms with van der Waals surface area (Å²) in [6.07, 6.45) is 69.8. The normalized spacial score (nSPS) is 14.1. The van der Waals surface area contributed by atoms with Gasteiger partial charge in [-0.3, -0.25) is 13.8 Å². The Morgan fingerprint density at radius 3 is 1.13 bits per heavy atom. The van der Waals surface area contributed by atoms with E-state index in [9.17, 15) is 19.4 Å². The smallest absolute Gasteiger partial charge is 0.387 e. The third kappa shape index (κ3) is 56.3. The number of nitrogens with zero attached hydrogens (tertiary/aromatic N) is 1. The summed E-state index contributed by atoms with van der Waals surface area (Å²) in [7, 11) is 1.56. The Labute approximate surface area is 442 Å². The number of rotatable bonds is 57. The summed E-state index contributed by atoms with van der Waals surface area (Å²) < 4.78 is 23.7. The molecule has 0 aliphatic rings. The molecule has 0 fully saturated rings. The Balaban J connectivity index is 4.14. The predicted octanol–water partition coefficient (Wildman–Crippen LogP) is 18.9. The van der Waals surface area contributed by atoms with Crippen LogP contribution in [0.2, 0.25) is 0 Å². The van der Waals surface area contributed by atoms with Crippen LogP contribution in [0.4, 0.5) is 0 Å². The second-order valence-corrected chi connectivity index (χ2v) is 23.9. The predicted molar refractivity (Wildman–Crippen MR) is 309 cm³/mol. The number of hydrogen-bond donors (Lipinski definition) is 3. The van der Waals surface area contributed by atoms with Gasteiger partial charge in [0.25, 0.3) is 0 Å². The van der Waals surface area contributed by atoms with Gasteiger partial charge < -0.3 is 19.8 Å². The second-order valence-electron chi connectivity index (χ2n) is 22.4. The third-order valence-electron chi connectivity index (χ3n) is 14.1. The number of nitrogens with one attached hydrogen (secondary N) is 1. The van der Waals surface area contributed by atoms with Gasteiger partial charge in [0.15, 0.2) is 0 Å². The van der Waals surface area contributed by atoms with E-state index in [4.69, 9.17) is 9.05 Å².